The van der Waals surface area contributed by atoms with Gasteiger partial charge in [0.05, 0.1) is 0 Å². The molecule has 0 radical (unpaired) electrons. The Morgan fingerprint density at radius 2 is 0.566 bits per heavy atom. The molecule has 0 bridgehead atoms. The molecule has 0 N–H and O–H groups in total. The SMILES string of the molecule is Cc1cc(C)c(OP(OB(Oc2cc(C(F)(F)F)cc(C(F)(F)F)c2)OP(Oc2c(C)cc(C)cc2C)(c2ccccc2)(c2ccccc2)c2ccccc2)(c2ccccc2)(c2ccccc2)c2ccccc2)c(C)c1. The molecule has 9 aromatic rings. The second-order valence-electron chi connectivity index (χ2n) is 18.9. The molecule has 76 heavy (non-hydrogen) atoms. The van der Waals surface area contributed by atoms with Crippen LogP contribution in [-0.2, 0) is 21.2 Å². The molecule has 0 saturated heterocycles. The molecule has 0 atom stereocenters. The average Bonchev–Trinajstić information content (AvgIpc) is 3.43. The first-order valence-electron chi connectivity index (χ1n) is 24.5. The van der Waals surface area contributed by atoms with Gasteiger partial charge >= 0.3 is 442 Å². The molecule has 0 heterocycles. The van der Waals surface area contributed by atoms with Gasteiger partial charge in [-0.15, -0.1) is 0 Å². The van der Waals surface area contributed by atoms with Crippen LogP contribution in [0.3, 0.4) is 0 Å². The third kappa shape index (κ3) is 9.69. The van der Waals surface area contributed by atoms with Crippen LogP contribution < -0.4 is 45.5 Å². The van der Waals surface area contributed by atoms with Gasteiger partial charge in [0.1, 0.15) is 0 Å². The van der Waals surface area contributed by atoms with E-state index in [4.69, 9.17) is 22.6 Å². The molecule has 0 aliphatic heterocycles. The summed E-state index contributed by atoms with van der Waals surface area (Å²) in [5.74, 6) is -0.0502. The molecule has 0 fully saturated rings. The van der Waals surface area contributed by atoms with Crippen molar-refractivity contribution in [3.8, 4) is 17.2 Å². The standard InChI is InChI=1S/C62H55BF6O5P2/c1-44-37-46(3)59(47(4)38-44)71-75(53-25-13-7-14-26-53,54-27-15-8-16-28-54,55-29-17-9-18-30-55)73-63(70-52-42-50(61(64,65)66)41-51(43-52)62(67,68)69)74-76(56-31-19-10-20-32-56,57-33-21-11-22-34-57,58-35-23-12-24-36-58)72-60-48(5)39-45(2)40-49(60)6/h7-43H,1-6H3. The molecule has 0 spiro atoms. The minimum atomic E-state index is -5.46. The molecule has 9 aromatic carbocycles. The number of alkyl halides is 6. The van der Waals surface area contributed by atoms with E-state index in [-0.39, 0.29) is 6.07 Å². The fraction of sp³-hybridized carbons (Fsp3) is 0.129. The van der Waals surface area contributed by atoms with Gasteiger partial charge in [-0.1, -0.05) is 0 Å². The molecule has 0 aromatic heterocycles. The number of hydrogen-bond acceptors (Lipinski definition) is 5. The van der Waals surface area contributed by atoms with E-state index in [2.05, 4.69) is 0 Å². The predicted molar refractivity (Wildman–Crippen MR) is 298 cm³/mol. The number of rotatable bonds is 16. The van der Waals surface area contributed by atoms with Crippen LogP contribution in [0.2, 0.25) is 0 Å². The van der Waals surface area contributed by atoms with Gasteiger partial charge < -0.3 is 0 Å². The van der Waals surface area contributed by atoms with Crippen LogP contribution in [0.1, 0.15) is 44.5 Å². The zero-order chi connectivity index (χ0) is 54.0. The fourth-order valence-corrected chi connectivity index (χ4v) is 20.0. The van der Waals surface area contributed by atoms with Crippen LogP contribution in [-0.4, -0.2) is 7.32 Å². The Hall–Kier alpha value is -7.20. The molecule has 0 aliphatic rings. The molecule has 14 heteroatoms. The summed E-state index contributed by atoms with van der Waals surface area (Å²) in [4.78, 5) is 0. The van der Waals surface area contributed by atoms with Crippen molar-refractivity contribution in [2.45, 2.75) is 53.9 Å². The monoisotopic (exact) mass is 1070 g/mol. The molecular formula is C62H55BF6O5P2. The third-order valence-corrected chi connectivity index (χ3v) is 23.1. The summed E-state index contributed by atoms with van der Waals surface area (Å²) in [6.45, 7) is 11.5. The zero-order valence-electron chi connectivity index (χ0n) is 42.6. The predicted octanol–water partition coefficient (Wildman–Crippen LogP) is 14.8. The molecule has 0 unspecified atom stereocenters. The van der Waals surface area contributed by atoms with Crippen molar-refractivity contribution < 1.29 is 48.9 Å². The van der Waals surface area contributed by atoms with Crippen molar-refractivity contribution in [3.05, 3.63) is 269 Å². The van der Waals surface area contributed by atoms with Crippen molar-refractivity contribution in [2.24, 2.45) is 0 Å². The first-order valence-corrected chi connectivity index (χ1v) is 28.7. The fourth-order valence-electron chi connectivity index (χ4n) is 10.3. The summed E-state index contributed by atoms with van der Waals surface area (Å²) in [6.07, 6.45) is -10.5. The second kappa shape index (κ2) is 20.7. The summed E-state index contributed by atoms with van der Waals surface area (Å²) in [5.41, 5.74) is 1.54. The first kappa shape index (κ1) is 53.6. The van der Waals surface area contributed by atoms with E-state index in [0.29, 0.717) is 55.5 Å². The van der Waals surface area contributed by atoms with Gasteiger partial charge in [0.15, 0.2) is 0 Å². The van der Waals surface area contributed by atoms with E-state index in [1.165, 1.54) is 0 Å². The Labute approximate surface area is 440 Å². The average molecular weight is 1070 g/mol. The molecule has 388 valence electrons. The summed E-state index contributed by atoms with van der Waals surface area (Å²) in [7, 11) is -13.3. The van der Waals surface area contributed by atoms with Crippen LogP contribution in [0.25, 0.3) is 0 Å². The number of benzene rings is 9. The van der Waals surface area contributed by atoms with Gasteiger partial charge in [-0.25, -0.2) is 0 Å². The molecular weight excluding hydrogens is 1010 g/mol. The molecule has 9 rings (SSSR count). The van der Waals surface area contributed by atoms with E-state index >= 15 is 26.3 Å². The maximum atomic E-state index is 15.0. The Morgan fingerprint density at radius 3 is 0.789 bits per heavy atom. The zero-order valence-corrected chi connectivity index (χ0v) is 44.4. The van der Waals surface area contributed by atoms with E-state index in [1.54, 1.807) is 0 Å². The summed E-state index contributed by atoms with van der Waals surface area (Å²) in [6, 6.07) is 63.7. The van der Waals surface area contributed by atoms with E-state index < -0.39 is 50.7 Å². The van der Waals surface area contributed by atoms with Gasteiger partial charge in [-0.3, -0.25) is 0 Å². The van der Waals surface area contributed by atoms with Crippen molar-refractivity contribution in [1.29, 1.82) is 0 Å². The van der Waals surface area contributed by atoms with Crippen molar-refractivity contribution in [1.82, 2.24) is 0 Å². The normalized spacial score (nSPS) is 13.2. The van der Waals surface area contributed by atoms with Gasteiger partial charge in [0.2, 0.25) is 0 Å². The van der Waals surface area contributed by atoms with Gasteiger partial charge in [0.25, 0.3) is 0 Å². The van der Waals surface area contributed by atoms with Crippen molar-refractivity contribution >= 4 is 53.3 Å². The topological polar surface area (TPSA) is 46.2 Å². The Balaban J connectivity index is 1.51. The number of halogens is 6. The minimum absolute atomic E-state index is 0.0531. The molecule has 0 saturated carbocycles. The molecule has 0 aliphatic carbocycles. The number of hydrogen-bond donors (Lipinski definition) is 0. The summed E-state index contributed by atoms with van der Waals surface area (Å²) >= 11 is 0. The van der Waals surface area contributed by atoms with Crippen LogP contribution >= 0.6 is 14.1 Å². The maximum absolute atomic E-state index is 15.0. The quantitative estimate of drug-likeness (QED) is 0.0548. The van der Waals surface area contributed by atoms with Crippen molar-refractivity contribution in [2.75, 3.05) is 0 Å². The van der Waals surface area contributed by atoms with E-state index in [1.807, 2.05) is 248 Å². The van der Waals surface area contributed by atoms with Gasteiger partial charge in [-0.05, 0) is 0 Å². The Morgan fingerprint density at radius 1 is 0.329 bits per heavy atom. The van der Waals surface area contributed by atoms with E-state index in [9.17, 15) is 0 Å². The first-order chi connectivity index (χ1) is 36.3. The van der Waals surface area contributed by atoms with Crippen LogP contribution in [0.5, 0.6) is 17.2 Å². The van der Waals surface area contributed by atoms with Gasteiger partial charge in [0, 0.05) is 0 Å². The molecule has 0 amide bonds. The van der Waals surface area contributed by atoms with E-state index in [0.717, 1.165) is 33.4 Å². The second-order valence-corrected chi connectivity index (χ2v) is 26.6. The van der Waals surface area contributed by atoms with Crippen molar-refractivity contribution in [3.63, 3.8) is 0 Å². The molecule has 5 nitrogen and oxygen atoms in total. The van der Waals surface area contributed by atoms with Crippen LogP contribution in [0, 0.1) is 41.5 Å². The summed E-state index contributed by atoms with van der Waals surface area (Å²) < 4.78 is 129. The van der Waals surface area contributed by atoms with Crippen LogP contribution in [0.4, 0.5) is 26.3 Å². The van der Waals surface area contributed by atoms with Crippen LogP contribution in [0.15, 0.2) is 224 Å². The summed E-state index contributed by atoms with van der Waals surface area (Å²) in [5, 5.41) is 2.71. The Bertz CT molecular complexity index is 3010. The third-order valence-electron chi connectivity index (χ3n) is 13.5. The van der Waals surface area contributed by atoms with Gasteiger partial charge in [-0.2, -0.15) is 0 Å². The number of aryl methyl sites for hydroxylation is 6. The Kier molecular flexibility index (Phi) is 14.6.